The number of ether oxygens (including phenoxy) is 2. The van der Waals surface area contributed by atoms with Gasteiger partial charge < -0.3 is 14.4 Å². The van der Waals surface area contributed by atoms with Crippen molar-refractivity contribution < 1.29 is 27.4 Å². The van der Waals surface area contributed by atoms with Crippen LogP contribution in [0.2, 0.25) is 0 Å². The average Bonchev–Trinajstić information content (AvgIpc) is 3.38. The van der Waals surface area contributed by atoms with Gasteiger partial charge in [-0.05, 0) is 60.0 Å². The Bertz CT molecular complexity index is 1610. The van der Waals surface area contributed by atoms with E-state index in [9.17, 15) is 22.8 Å². The molecule has 0 spiro atoms. The fourth-order valence-corrected chi connectivity index (χ4v) is 5.13. The van der Waals surface area contributed by atoms with Gasteiger partial charge in [0.25, 0.3) is 11.5 Å². The van der Waals surface area contributed by atoms with Gasteiger partial charge in [0, 0.05) is 34.4 Å². The Morgan fingerprint density at radius 1 is 0.949 bits per heavy atom. The van der Waals surface area contributed by atoms with Gasteiger partial charge in [0.2, 0.25) is 0 Å². The SMILES string of the molecule is COc1cc(OC)cc(-c2cn(-c3cc(Br)ccc3C(F)(F)F)c(=O)c3c2CCN3C(=O)c2ccccc2)c1. The number of methoxy groups -OCH3 is 2. The van der Waals surface area contributed by atoms with Gasteiger partial charge >= 0.3 is 6.18 Å². The van der Waals surface area contributed by atoms with Crippen molar-refractivity contribution >= 4 is 27.5 Å². The molecule has 1 aromatic heterocycles. The van der Waals surface area contributed by atoms with Gasteiger partial charge in [-0.25, -0.2) is 0 Å². The summed E-state index contributed by atoms with van der Waals surface area (Å²) in [5.41, 5.74) is -0.0690. The van der Waals surface area contributed by atoms with E-state index in [0.29, 0.717) is 44.6 Å². The van der Waals surface area contributed by atoms with Gasteiger partial charge in [0.1, 0.15) is 17.2 Å². The van der Waals surface area contributed by atoms with E-state index in [-0.39, 0.29) is 17.9 Å². The van der Waals surface area contributed by atoms with Gasteiger partial charge in [-0.15, -0.1) is 0 Å². The third kappa shape index (κ3) is 4.92. The molecule has 1 amide bonds. The van der Waals surface area contributed by atoms with Crippen molar-refractivity contribution in [2.45, 2.75) is 12.6 Å². The summed E-state index contributed by atoms with van der Waals surface area (Å²) in [5.74, 6) is 0.512. The third-order valence-electron chi connectivity index (χ3n) is 6.60. The minimum Gasteiger partial charge on any atom is -0.497 e. The highest BCUT2D eigenvalue weighted by Gasteiger charge is 2.37. The summed E-state index contributed by atoms with van der Waals surface area (Å²) >= 11 is 3.23. The molecule has 10 heteroatoms. The fourth-order valence-electron chi connectivity index (χ4n) is 4.78. The number of benzene rings is 3. The maximum absolute atomic E-state index is 14.1. The molecule has 4 aromatic rings. The first kappa shape index (κ1) is 26.6. The predicted molar refractivity (Wildman–Crippen MR) is 145 cm³/mol. The smallest absolute Gasteiger partial charge is 0.418 e. The molecule has 1 aliphatic rings. The number of anilines is 1. The number of aromatic nitrogens is 1. The van der Waals surface area contributed by atoms with Crippen LogP contribution in [-0.2, 0) is 12.6 Å². The first-order chi connectivity index (χ1) is 18.6. The lowest BCUT2D eigenvalue weighted by Crippen LogP contribution is -2.34. The molecule has 0 saturated heterocycles. The number of fused-ring (bicyclic) bond motifs is 1. The van der Waals surface area contributed by atoms with Crippen molar-refractivity contribution in [2.75, 3.05) is 25.7 Å². The number of pyridine rings is 1. The lowest BCUT2D eigenvalue weighted by atomic mass is 9.99. The second-order valence-corrected chi connectivity index (χ2v) is 9.79. The summed E-state index contributed by atoms with van der Waals surface area (Å²) in [7, 11) is 2.97. The fraction of sp³-hybridized carbons (Fsp3) is 0.172. The number of nitrogens with zero attached hydrogens (tertiary/aromatic N) is 2. The zero-order valence-electron chi connectivity index (χ0n) is 20.9. The first-order valence-corrected chi connectivity index (χ1v) is 12.7. The van der Waals surface area contributed by atoms with E-state index in [1.807, 2.05) is 0 Å². The Balaban J connectivity index is 1.83. The van der Waals surface area contributed by atoms with E-state index < -0.39 is 23.2 Å². The Morgan fingerprint density at radius 3 is 2.23 bits per heavy atom. The molecule has 0 radical (unpaired) electrons. The second-order valence-electron chi connectivity index (χ2n) is 8.88. The molecule has 2 heterocycles. The second kappa shape index (κ2) is 10.3. The van der Waals surface area contributed by atoms with Gasteiger partial charge in [-0.1, -0.05) is 34.1 Å². The van der Waals surface area contributed by atoms with Crippen LogP contribution in [0.3, 0.4) is 0 Å². The first-order valence-electron chi connectivity index (χ1n) is 11.9. The Kier molecular flexibility index (Phi) is 6.98. The summed E-state index contributed by atoms with van der Waals surface area (Å²) in [6.45, 7) is 0.195. The Labute approximate surface area is 230 Å². The number of hydrogen-bond acceptors (Lipinski definition) is 4. The van der Waals surface area contributed by atoms with E-state index in [4.69, 9.17) is 9.47 Å². The van der Waals surface area contributed by atoms with Crippen LogP contribution in [0.15, 0.2) is 82.2 Å². The number of hydrogen-bond donors (Lipinski definition) is 0. The maximum atomic E-state index is 14.1. The van der Waals surface area contributed by atoms with E-state index >= 15 is 0 Å². The van der Waals surface area contributed by atoms with Crippen molar-refractivity contribution in [1.82, 2.24) is 4.57 Å². The summed E-state index contributed by atoms with van der Waals surface area (Å²) in [4.78, 5) is 28.8. The molecule has 1 aliphatic heterocycles. The number of halogens is 4. The van der Waals surface area contributed by atoms with Crippen LogP contribution in [0.25, 0.3) is 16.8 Å². The van der Waals surface area contributed by atoms with E-state index in [1.54, 1.807) is 48.5 Å². The highest BCUT2D eigenvalue weighted by atomic mass is 79.9. The highest BCUT2D eigenvalue weighted by molar-refractivity contribution is 9.10. The van der Waals surface area contributed by atoms with Gasteiger partial charge in [-0.3, -0.25) is 14.2 Å². The number of carbonyl (C=O) groups is 1. The number of rotatable bonds is 5. The summed E-state index contributed by atoms with van der Waals surface area (Å²) in [5, 5.41) is 0. The van der Waals surface area contributed by atoms with Crippen LogP contribution in [0, 0.1) is 0 Å². The van der Waals surface area contributed by atoms with Crippen molar-refractivity contribution in [2.24, 2.45) is 0 Å². The number of carbonyl (C=O) groups excluding carboxylic acids is 1. The molecule has 39 heavy (non-hydrogen) atoms. The molecule has 0 bridgehead atoms. The zero-order chi connectivity index (χ0) is 27.9. The van der Waals surface area contributed by atoms with Crippen molar-refractivity contribution in [1.29, 1.82) is 0 Å². The predicted octanol–water partition coefficient (Wildman–Crippen LogP) is 6.51. The topological polar surface area (TPSA) is 60.8 Å². The van der Waals surface area contributed by atoms with Crippen LogP contribution in [0.1, 0.15) is 21.5 Å². The molecule has 5 rings (SSSR count). The molecular formula is C29H22BrF3N2O4. The van der Waals surface area contributed by atoms with Crippen molar-refractivity contribution in [3.63, 3.8) is 0 Å². The molecule has 3 aromatic carbocycles. The van der Waals surface area contributed by atoms with Gasteiger partial charge in [-0.2, -0.15) is 13.2 Å². The van der Waals surface area contributed by atoms with Gasteiger partial charge in [0.05, 0.1) is 25.5 Å². The monoisotopic (exact) mass is 598 g/mol. The molecule has 0 N–H and O–H groups in total. The van der Waals surface area contributed by atoms with Crippen molar-refractivity contribution in [3.8, 4) is 28.3 Å². The standard InChI is InChI=1S/C29H22BrF3N2O4/c1-38-20-12-18(13-21(15-20)39-2)23-16-35(25-14-19(30)8-9-24(25)29(31,32)33)28(37)26-22(23)10-11-34(26)27(36)17-6-4-3-5-7-17/h3-9,12-16H,10-11H2,1-2H3. The highest BCUT2D eigenvalue weighted by Crippen LogP contribution is 2.40. The zero-order valence-corrected chi connectivity index (χ0v) is 22.5. The quantitative estimate of drug-likeness (QED) is 0.263. The van der Waals surface area contributed by atoms with E-state index in [1.165, 1.54) is 37.4 Å². The Hall–Kier alpha value is -4.05. The summed E-state index contributed by atoms with van der Waals surface area (Å²) < 4.78 is 54.4. The molecule has 0 saturated carbocycles. The molecule has 0 atom stereocenters. The molecule has 200 valence electrons. The summed E-state index contributed by atoms with van der Waals surface area (Å²) in [6, 6.07) is 17.0. The molecule has 0 fully saturated rings. The van der Waals surface area contributed by atoms with Crippen molar-refractivity contribution in [3.05, 3.63) is 104 Å². The largest absolute Gasteiger partial charge is 0.497 e. The molecule has 0 unspecified atom stereocenters. The lowest BCUT2D eigenvalue weighted by Gasteiger charge is -2.21. The minimum absolute atomic E-state index is 0.0382. The third-order valence-corrected chi connectivity index (χ3v) is 7.09. The molecular weight excluding hydrogens is 577 g/mol. The van der Waals surface area contributed by atoms with E-state index in [2.05, 4.69) is 15.9 Å². The van der Waals surface area contributed by atoms with Crippen LogP contribution >= 0.6 is 15.9 Å². The van der Waals surface area contributed by atoms with Gasteiger partial charge in [0.15, 0.2) is 0 Å². The van der Waals surface area contributed by atoms with Crippen LogP contribution in [0.5, 0.6) is 11.5 Å². The molecule has 6 nitrogen and oxygen atoms in total. The van der Waals surface area contributed by atoms with Crippen LogP contribution < -0.4 is 19.9 Å². The van der Waals surface area contributed by atoms with Crippen LogP contribution in [-0.4, -0.2) is 31.2 Å². The minimum atomic E-state index is -4.73. The number of amides is 1. The Morgan fingerprint density at radius 2 is 1.62 bits per heavy atom. The molecule has 0 aliphatic carbocycles. The lowest BCUT2D eigenvalue weighted by molar-refractivity contribution is -0.137. The average molecular weight is 599 g/mol. The van der Waals surface area contributed by atoms with E-state index in [0.717, 1.165) is 10.6 Å². The van der Waals surface area contributed by atoms with Crippen LogP contribution in [0.4, 0.5) is 18.9 Å². The summed E-state index contributed by atoms with van der Waals surface area (Å²) in [6.07, 6.45) is -3.00. The number of alkyl halides is 3. The normalized spacial score (nSPS) is 12.8. The maximum Gasteiger partial charge on any atom is 0.418 e.